The minimum atomic E-state index is -1.28. The first-order valence-corrected chi connectivity index (χ1v) is 10.2. The first-order chi connectivity index (χ1) is 13.0. The fourth-order valence-electron chi connectivity index (χ4n) is 4.19. The molecule has 0 saturated carbocycles. The molecule has 0 radical (unpaired) electrons. The molecule has 1 aliphatic rings. The summed E-state index contributed by atoms with van der Waals surface area (Å²) in [5.41, 5.74) is -0.116. The van der Waals surface area contributed by atoms with Crippen LogP contribution in [0, 0.1) is 5.41 Å². The van der Waals surface area contributed by atoms with Crippen LogP contribution in [0.3, 0.4) is 0 Å². The Labute approximate surface area is 164 Å². The first kappa shape index (κ1) is 23.4. The summed E-state index contributed by atoms with van der Waals surface area (Å²) < 4.78 is 10.1. The number of carbonyl (C=O) groups excluding carboxylic acids is 2. The summed E-state index contributed by atoms with van der Waals surface area (Å²) in [4.78, 5) is 27.6. The summed E-state index contributed by atoms with van der Waals surface area (Å²) in [6.07, 6.45) is 12.2. The molecule has 154 valence electrons. The number of methoxy groups -OCH3 is 2. The molecule has 5 nitrogen and oxygen atoms in total. The number of ether oxygens (including phenoxy) is 2. The van der Waals surface area contributed by atoms with Gasteiger partial charge in [0.25, 0.3) is 0 Å². The maximum absolute atomic E-state index is 12.7. The van der Waals surface area contributed by atoms with Gasteiger partial charge in [0.05, 0.1) is 20.3 Å². The number of allylic oxidation sites excluding steroid dienone is 2. The Morgan fingerprint density at radius 2 is 1.67 bits per heavy atom. The lowest BCUT2D eigenvalue weighted by molar-refractivity contribution is -0.172. The fraction of sp³-hybridized carbons (Fsp3) is 0.727. The van der Waals surface area contributed by atoms with E-state index in [1.54, 1.807) is 0 Å². The predicted molar refractivity (Wildman–Crippen MR) is 108 cm³/mol. The van der Waals surface area contributed by atoms with Crippen molar-refractivity contribution in [3.8, 4) is 0 Å². The molecule has 0 aromatic rings. The Hall–Kier alpha value is -1.62. The average molecular weight is 380 g/mol. The van der Waals surface area contributed by atoms with Gasteiger partial charge in [-0.1, -0.05) is 50.8 Å². The van der Waals surface area contributed by atoms with E-state index in [-0.39, 0.29) is 6.04 Å². The second-order valence-electron chi connectivity index (χ2n) is 7.16. The van der Waals surface area contributed by atoms with Crippen LogP contribution in [0.15, 0.2) is 24.3 Å². The molecule has 0 spiro atoms. The van der Waals surface area contributed by atoms with E-state index in [1.807, 2.05) is 6.08 Å². The zero-order valence-electron chi connectivity index (χ0n) is 17.6. The fourth-order valence-corrected chi connectivity index (χ4v) is 4.19. The second-order valence-corrected chi connectivity index (χ2v) is 7.16. The normalized spacial score (nSPS) is 18.3. The van der Waals surface area contributed by atoms with Gasteiger partial charge in [0.2, 0.25) is 0 Å². The molecule has 0 N–H and O–H groups in total. The molecule has 0 fully saturated rings. The van der Waals surface area contributed by atoms with Gasteiger partial charge in [0.15, 0.2) is 5.41 Å². The lowest BCUT2D eigenvalue weighted by Crippen LogP contribution is -2.55. The number of unbranched alkanes of at least 4 members (excludes halogenated alkanes) is 5. The lowest BCUT2D eigenvalue weighted by atomic mass is 9.78. The topological polar surface area (TPSA) is 55.8 Å². The van der Waals surface area contributed by atoms with E-state index in [0.717, 1.165) is 38.8 Å². The Morgan fingerprint density at radius 3 is 2.19 bits per heavy atom. The molecule has 0 aliphatic heterocycles. The standard InChI is InChI=1S/C22H37NO4/c1-6-9-10-11-12-13-14-15-18-16-17-22(20(24)26-4,21(25)27-5)19(18)23(7-2)8-3/h6,16,19H,1,7-15,17H2,2-5H3. The van der Waals surface area contributed by atoms with Crippen molar-refractivity contribution in [1.29, 1.82) is 0 Å². The molecule has 0 bridgehead atoms. The van der Waals surface area contributed by atoms with E-state index in [9.17, 15) is 9.59 Å². The van der Waals surface area contributed by atoms with Gasteiger partial charge in [-0.3, -0.25) is 14.5 Å². The largest absolute Gasteiger partial charge is 0.468 e. The highest BCUT2D eigenvalue weighted by Gasteiger charge is 2.59. The van der Waals surface area contributed by atoms with Crippen molar-refractivity contribution in [3.63, 3.8) is 0 Å². The molecule has 0 aromatic heterocycles. The molecule has 27 heavy (non-hydrogen) atoms. The van der Waals surface area contributed by atoms with E-state index < -0.39 is 17.4 Å². The van der Waals surface area contributed by atoms with Crippen LogP contribution in [0.1, 0.15) is 65.2 Å². The third-order valence-corrected chi connectivity index (χ3v) is 5.65. The van der Waals surface area contributed by atoms with Crippen molar-refractivity contribution < 1.29 is 19.1 Å². The summed E-state index contributed by atoms with van der Waals surface area (Å²) in [7, 11) is 2.68. The van der Waals surface area contributed by atoms with E-state index >= 15 is 0 Å². The molecule has 0 heterocycles. The van der Waals surface area contributed by atoms with Crippen molar-refractivity contribution in [2.45, 2.75) is 71.3 Å². The highest BCUT2D eigenvalue weighted by molar-refractivity contribution is 6.02. The number of likely N-dealkylation sites (N-methyl/N-ethyl adjacent to an activating group) is 1. The van der Waals surface area contributed by atoms with Gasteiger partial charge in [0, 0.05) is 0 Å². The minimum absolute atomic E-state index is 0.284. The number of hydrogen-bond donors (Lipinski definition) is 0. The quantitative estimate of drug-likeness (QED) is 0.207. The number of hydrogen-bond acceptors (Lipinski definition) is 5. The maximum atomic E-state index is 12.7. The van der Waals surface area contributed by atoms with Crippen molar-refractivity contribution in [2.75, 3.05) is 27.3 Å². The Bertz CT molecular complexity index is 506. The smallest absolute Gasteiger partial charge is 0.325 e. The molecule has 1 rings (SSSR count). The van der Waals surface area contributed by atoms with Crippen molar-refractivity contribution in [3.05, 3.63) is 24.3 Å². The minimum Gasteiger partial charge on any atom is -0.468 e. The summed E-state index contributed by atoms with van der Waals surface area (Å²) >= 11 is 0. The van der Waals surface area contributed by atoms with E-state index in [4.69, 9.17) is 9.47 Å². The molecule has 1 aliphatic carbocycles. The van der Waals surface area contributed by atoms with Crippen LogP contribution in [-0.4, -0.2) is 50.2 Å². The molecule has 5 heteroatoms. The van der Waals surface area contributed by atoms with Gasteiger partial charge in [-0.15, -0.1) is 6.58 Å². The Kier molecular flexibility index (Phi) is 10.4. The second kappa shape index (κ2) is 12.0. The maximum Gasteiger partial charge on any atom is 0.325 e. The van der Waals surface area contributed by atoms with E-state index in [2.05, 4.69) is 31.4 Å². The highest BCUT2D eigenvalue weighted by atomic mass is 16.5. The van der Waals surface area contributed by atoms with E-state index in [0.29, 0.717) is 6.42 Å². The Balaban J connectivity index is 2.89. The molecular weight excluding hydrogens is 342 g/mol. The lowest BCUT2D eigenvalue weighted by Gasteiger charge is -2.39. The predicted octanol–water partition coefficient (Wildman–Crippen LogP) is 4.28. The summed E-state index contributed by atoms with van der Waals surface area (Å²) in [5.74, 6) is -0.996. The van der Waals surface area contributed by atoms with Gasteiger partial charge < -0.3 is 9.47 Å². The zero-order valence-corrected chi connectivity index (χ0v) is 17.6. The average Bonchev–Trinajstić information content (AvgIpc) is 3.07. The molecule has 0 amide bonds. The van der Waals surface area contributed by atoms with Crippen LogP contribution in [0.4, 0.5) is 0 Å². The van der Waals surface area contributed by atoms with Crippen LogP contribution >= 0.6 is 0 Å². The summed E-state index contributed by atoms with van der Waals surface area (Å²) in [6, 6.07) is -0.284. The number of carbonyl (C=O) groups is 2. The van der Waals surface area contributed by atoms with E-state index in [1.165, 1.54) is 39.1 Å². The van der Waals surface area contributed by atoms with Gasteiger partial charge in [-0.05, 0) is 45.2 Å². The van der Waals surface area contributed by atoms with Crippen molar-refractivity contribution in [2.24, 2.45) is 5.41 Å². The molecule has 1 unspecified atom stereocenters. The number of esters is 2. The monoisotopic (exact) mass is 379 g/mol. The third-order valence-electron chi connectivity index (χ3n) is 5.65. The van der Waals surface area contributed by atoms with Crippen molar-refractivity contribution >= 4 is 11.9 Å². The van der Waals surface area contributed by atoms with Crippen LogP contribution < -0.4 is 0 Å². The Morgan fingerprint density at radius 1 is 1.11 bits per heavy atom. The number of rotatable bonds is 13. The SMILES string of the molecule is C=CCCCCCCCC1=CCC(C(=O)OC)(C(=O)OC)C1N(CC)CC. The van der Waals surface area contributed by atoms with Crippen LogP contribution in [0.25, 0.3) is 0 Å². The van der Waals surface area contributed by atoms with Crippen LogP contribution in [0.2, 0.25) is 0 Å². The molecule has 0 aromatic carbocycles. The van der Waals surface area contributed by atoms with Crippen molar-refractivity contribution in [1.82, 2.24) is 4.90 Å². The van der Waals surface area contributed by atoms with Crippen LogP contribution in [0.5, 0.6) is 0 Å². The zero-order chi connectivity index (χ0) is 20.3. The molecule has 0 saturated heterocycles. The highest BCUT2D eigenvalue weighted by Crippen LogP contribution is 2.44. The molecule has 1 atom stereocenters. The third kappa shape index (κ3) is 5.44. The van der Waals surface area contributed by atoms with Gasteiger partial charge in [-0.2, -0.15) is 0 Å². The first-order valence-electron chi connectivity index (χ1n) is 10.2. The van der Waals surface area contributed by atoms with Gasteiger partial charge in [-0.25, -0.2) is 0 Å². The van der Waals surface area contributed by atoms with Gasteiger partial charge >= 0.3 is 11.9 Å². The summed E-state index contributed by atoms with van der Waals surface area (Å²) in [6.45, 7) is 9.38. The molecular formula is C22H37NO4. The van der Waals surface area contributed by atoms with Gasteiger partial charge in [0.1, 0.15) is 0 Å². The number of nitrogens with zero attached hydrogens (tertiary/aromatic N) is 1. The summed E-state index contributed by atoms with van der Waals surface area (Å²) in [5, 5.41) is 0. The van der Waals surface area contributed by atoms with Crippen LogP contribution in [-0.2, 0) is 19.1 Å².